The molecule has 0 radical (unpaired) electrons. The Labute approximate surface area is 92.3 Å². The van der Waals surface area contributed by atoms with Crippen LogP contribution in [0.1, 0.15) is 12.5 Å². The van der Waals surface area contributed by atoms with Crippen molar-refractivity contribution in [2.75, 3.05) is 27.2 Å². The molecule has 4 nitrogen and oxygen atoms in total. The van der Waals surface area contributed by atoms with Gasteiger partial charge in [0.25, 0.3) is 0 Å². The van der Waals surface area contributed by atoms with E-state index in [0.29, 0.717) is 6.04 Å². The van der Waals surface area contributed by atoms with Crippen molar-refractivity contribution < 1.29 is 0 Å². The summed E-state index contributed by atoms with van der Waals surface area (Å²) in [5.41, 5.74) is 1.29. The van der Waals surface area contributed by atoms with Gasteiger partial charge in [-0.05, 0) is 39.5 Å². The number of likely N-dealkylation sites (N-methyl/N-ethyl adjacent to an activating group) is 1. The molecule has 0 aromatic carbocycles. The van der Waals surface area contributed by atoms with Crippen molar-refractivity contribution >= 4 is 0 Å². The molecule has 0 saturated heterocycles. The van der Waals surface area contributed by atoms with Gasteiger partial charge in [-0.15, -0.1) is 0 Å². The highest BCUT2D eigenvalue weighted by molar-refractivity contribution is 5.03. The third-order valence-corrected chi connectivity index (χ3v) is 2.67. The van der Waals surface area contributed by atoms with Crippen LogP contribution in [0.15, 0.2) is 12.4 Å². The van der Waals surface area contributed by atoms with Gasteiger partial charge in [-0.2, -0.15) is 5.10 Å². The lowest BCUT2D eigenvalue weighted by Crippen LogP contribution is -2.36. The van der Waals surface area contributed by atoms with Crippen LogP contribution in [0, 0.1) is 0 Å². The number of aromatic nitrogens is 2. The molecule has 1 rings (SSSR count). The van der Waals surface area contributed by atoms with Crippen LogP contribution in [-0.2, 0) is 13.5 Å². The van der Waals surface area contributed by atoms with E-state index in [0.717, 1.165) is 19.5 Å². The van der Waals surface area contributed by atoms with Crippen molar-refractivity contribution in [1.29, 1.82) is 0 Å². The van der Waals surface area contributed by atoms with Crippen LogP contribution >= 0.6 is 0 Å². The minimum atomic E-state index is 0.582. The van der Waals surface area contributed by atoms with E-state index in [1.807, 2.05) is 17.9 Å². The summed E-state index contributed by atoms with van der Waals surface area (Å²) in [6, 6.07) is 0.582. The Morgan fingerprint density at radius 1 is 1.53 bits per heavy atom. The highest BCUT2D eigenvalue weighted by Crippen LogP contribution is 1.96. The Hall–Kier alpha value is -0.870. The Balaban J connectivity index is 2.12. The fourth-order valence-corrected chi connectivity index (χ4v) is 1.33. The summed E-state index contributed by atoms with van der Waals surface area (Å²) in [6.45, 7) is 4.27. The van der Waals surface area contributed by atoms with Crippen LogP contribution < -0.4 is 5.32 Å². The van der Waals surface area contributed by atoms with Crippen molar-refractivity contribution in [3.63, 3.8) is 0 Å². The molecule has 1 aromatic rings. The molecule has 0 saturated carbocycles. The zero-order valence-corrected chi connectivity index (χ0v) is 10.2. The van der Waals surface area contributed by atoms with Gasteiger partial charge < -0.3 is 10.2 Å². The second-order valence-corrected chi connectivity index (χ2v) is 4.29. The summed E-state index contributed by atoms with van der Waals surface area (Å²) in [7, 11) is 6.16. The van der Waals surface area contributed by atoms with Gasteiger partial charge in [0.1, 0.15) is 0 Å². The number of nitrogens with zero attached hydrogens (tertiary/aromatic N) is 3. The summed E-state index contributed by atoms with van der Waals surface area (Å²) in [5.74, 6) is 0. The first-order valence-electron chi connectivity index (χ1n) is 5.44. The Morgan fingerprint density at radius 2 is 2.27 bits per heavy atom. The summed E-state index contributed by atoms with van der Waals surface area (Å²) in [5, 5.41) is 7.58. The van der Waals surface area contributed by atoms with Gasteiger partial charge in [0.05, 0.1) is 6.20 Å². The molecule has 15 heavy (non-hydrogen) atoms. The molecule has 1 atom stereocenters. The number of nitrogens with one attached hydrogen (secondary N) is 1. The third kappa shape index (κ3) is 4.44. The van der Waals surface area contributed by atoms with E-state index in [-0.39, 0.29) is 0 Å². The molecule has 4 heteroatoms. The average molecular weight is 210 g/mol. The number of aryl methyl sites for hydroxylation is 1. The molecule has 1 unspecified atom stereocenters. The summed E-state index contributed by atoms with van der Waals surface area (Å²) >= 11 is 0. The normalized spacial score (nSPS) is 13.4. The fourth-order valence-electron chi connectivity index (χ4n) is 1.33. The molecule has 0 fully saturated rings. The van der Waals surface area contributed by atoms with Crippen molar-refractivity contribution in [3.8, 4) is 0 Å². The van der Waals surface area contributed by atoms with Crippen LogP contribution in [0.5, 0.6) is 0 Å². The van der Waals surface area contributed by atoms with Crippen molar-refractivity contribution in [1.82, 2.24) is 20.0 Å². The third-order valence-electron chi connectivity index (χ3n) is 2.67. The summed E-state index contributed by atoms with van der Waals surface area (Å²) < 4.78 is 1.85. The number of hydrogen-bond donors (Lipinski definition) is 1. The molecule has 1 heterocycles. The minimum absolute atomic E-state index is 0.582. The fraction of sp³-hybridized carbons (Fsp3) is 0.727. The van der Waals surface area contributed by atoms with Crippen LogP contribution in [0.4, 0.5) is 0 Å². The predicted molar refractivity (Wildman–Crippen MR) is 62.9 cm³/mol. The van der Waals surface area contributed by atoms with Gasteiger partial charge in [-0.1, -0.05) is 0 Å². The van der Waals surface area contributed by atoms with Gasteiger partial charge in [-0.3, -0.25) is 4.68 Å². The highest BCUT2D eigenvalue weighted by Gasteiger charge is 2.03. The van der Waals surface area contributed by atoms with E-state index in [1.165, 1.54) is 5.56 Å². The van der Waals surface area contributed by atoms with Crippen molar-refractivity contribution in [2.24, 2.45) is 7.05 Å². The Kier molecular flexibility index (Phi) is 4.78. The molecular formula is C11H22N4. The van der Waals surface area contributed by atoms with Crippen molar-refractivity contribution in [2.45, 2.75) is 19.4 Å². The molecule has 0 bridgehead atoms. The maximum atomic E-state index is 4.14. The van der Waals surface area contributed by atoms with Gasteiger partial charge in [0, 0.05) is 25.8 Å². The van der Waals surface area contributed by atoms with E-state index < -0.39 is 0 Å². The van der Waals surface area contributed by atoms with Gasteiger partial charge in [0.2, 0.25) is 0 Å². The molecule has 1 N–H and O–H groups in total. The molecule has 1 aromatic heterocycles. The second-order valence-electron chi connectivity index (χ2n) is 4.29. The van der Waals surface area contributed by atoms with Crippen molar-refractivity contribution in [3.05, 3.63) is 18.0 Å². The van der Waals surface area contributed by atoms with E-state index in [1.54, 1.807) is 0 Å². The molecular weight excluding hydrogens is 188 g/mol. The molecule has 0 aliphatic heterocycles. The van der Waals surface area contributed by atoms with E-state index in [9.17, 15) is 0 Å². The smallest absolute Gasteiger partial charge is 0.0522 e. The van der Waals surface area contributed by atoms with E-state index in [2.05, 4.69) is 42.5 Å². The topological polar surface area (TPSA) is 33.1 Å². The van der Waals surface area contributed by atoms with E-state index in [4.69, 9.17) is 0 Å². The van der Waals surface area contributed by atoms with Crippen LogP contribution in [-0.4, -0.2) is 47.9 Å². The molecule has 0 spiro atoms. The first-order valence-corrected chi connectivity index (χ1v) is 5.44. The van der Waals surface area contributed by atoms with Gasteiger partial charge in [0.15, 0.2) is 0 Å². The lowest BCUT2D eigenvalue weighted by atomic mass is 10.2. The largest absolute Gasteiger partial charge is 0.315 e. The highest BCUT2D eigenvalue weighted by atomic mass is 15.2. The summed E-state index contributed by atoms with van der Waals surface area (Å²) in [6.07, 6.45) is 5.04. The second kappa shape index (κ2) is 5.88. The number of rotatable bonds is 6. The SMILES string of the molecule is CC(CNCCc1cnn(C)c1)N(C)C. The van der Waals surface area contributed by atoms with Gasteiger partial charge >= 0.3 is 0 Å². The predicted octanol–water partition coefficient (Wildman–Crippen LogP) is 0.502. The minimum Gasteiger partial charge on any atom is -0.315 e. The first kappa shape index (κ1) is 12.2. The Bertz CT molecular complexity index is 280. The maximum Gasteiger partial charge on any atom is 0.0522 e. The Morgan fingerprint density at radius 3 is 2.80 bits per heavy atom. The first-order chi connectivity index (χ1) is 7.09. The number of hydrogen-bond acceptors (Lipinski definition) is 3. The van der Waals surface area contributed by atoms with Gasteiger partial charge in [-0.25, -0.2) is 0 Å². The van der Waals surface area contributed by atoms with Crippen LogP contribution in [0.25, 0.3) is 0 Å². The molecule has 86 valence electrons. The summed E-state index contributed by atoms with van der Waals surface area (Å²) in [4.78, 5) is 2.22. The molecule has 0 aliphatic carbocycles. The van der Waals surface area contributed by atoms with E-state index >= 15 is 0 Å². The standard InChI is InChI=1S/C11H22N4/c1-10(14(2)3)7-12-6-5-11-8-13-15(4)9-11/h8-10,12H,5-7H2,1-4H3. The van der Waals surface area contributed by atoms with Crippen LogP contribution in [0.2, 0.25) is 0 Å². The lowest BCUT2D eigenvalue weighted by molar-refractivity contribution is 0.303. The quantitative estimate of drug-likeness (QED) is 0.694. The molecule has 0 amide bonds. The lowest BCUT2D eigenvalue weighted by Gasteiger charge is -2.19. The zero-order valence-electron chi connectivity index (χ0n) is 10.2. The average Bonchev–Trinajstić information content (AvgIpc) is 2.58. The monoisotopic (exact) mass is 210 g/mol. The van der Waals surface area contributed by atoms with Crippen LogP contribution in [0.3, 0.4) is 0 Å². The maximum absolute atomic E-state index is 4.14. The molecule has 0 aliphatic rings. The zero-order chi connectivity index (χ0) is 11.3.